The summed E-state index contributed by atoms with van der Waals surface area (Å²) < 4.78 is 0. The van der Waals surface area contributed by atoms with Gasteiger partial charge in [0.25, 0.3) is 5.91 Å². The highest BCUT2D eigenvalue weighted by Crippen LogP contribution is 2.26. The van der Waals surface area contributed by atoms with Gasteiger partial charge in [0.05, 0.1) is 17.7 Å². The van der Waals surface area contributed by atoms with E-state index in [2.05, 4.69) is 18.7 Å². The molecular weight excluding hydrogens is 284 g/mol. The first-order valence-electron chi connectivity index (χ1n) is 7.86. The van der Waals surface area contributed by atoms with Gasteiger partial charge in [0.15, 0.2) is 0 Å². The Bertz CT molecular complexity index is 508. The van der Waals surface area contributed by atoms with Gasteiger partial charge in [-0.2, -0.15) is 0 Å². The topological polar surface area (TPSA) is 43.8 Å². The quantitative estimate of drug-likeness (QED) is 0.930. The molecule has 1 aromatic rings. The van der Waals surface area contributed by atoms with E-state index in [9.17, 15) is 9.90 Å². The summed E-state index contributed by atoms with van der Waals surface area (Å²) in [4.78, 5) is 18.0. The number of amides is 1. The van der Waals surface area contributed by atoms with Gasteiger partial charge in [0, 0.05) is 23.3 Å². The molecule has 2 aliphatic heterocycles. The molecule has 0 aromatic carbocycles. The lowest BCUT2D eigenvalue weighted by Gasteiger charge is -2.25. The van der Waals surface area contributed by atoms with Gasteiger partial charge in [-0.15, -0.1) is 11.3 Å². The second-order valence-electron chi connectivity index (χ2n) is 6.48. The number of rotatable bonds is 3. The molecule has 3 heterocycles. The van der Waals surface area contributed by atoms with Crippen molar-refractivity contribution < 1.29 is 9.90 Å². The van der Waals surface area contributed by atoms with Crippen molar-refractivity contribution in [3.63, 3.8) is 0 Å². The van der Waals surface area contributed by atoms with Crippen LogP contribution >= 0.6 is 11.3 Å². The molecule has 1 N–H and O–H groups in total. The van der Waals surface area contributed by atoms with E-state index in [1.54, 1.807) is 11.3 Å². The molecule has 0 spiro atoms. The zero-order chi connectivity index (χ0) is 15.0. The summed E-state index contributed by atoms with van der Waals surface area (Å²) >= 11 is 1.65. The van der Waals surface area contributed by atoms with E-state index in [-0.39, 0.29) is 11.9 Å². The van der Waals surface area contributed by atoms with Crippen LogP contribution in [0.25, 0.3) is 0 Å². The number of carbonyl (C=O) groups is 1. The number of hydrogen-bond donors (Lipinski definition) is 1. The maximum absolute atomic E-state index is 12.6. The SMILES string of the molecule is CC(C)c1cc(C(=O)N2C[C@@H](O)[C@H](N3CCCC3)C2)cs1. The zero-order valence-electron chi connectivity index (χ0n) is 12.8. The van der Waals surface area contributed by atoms with Gasteiger partial charge in [0.1, 0.15) is 0 Å². The highest BCUT2D eigenvalue weighted by atomic mass is 32.1. The normalized spacial score (nSPS) is 27.0. The van der Waals surface area contributed by atoms with Gasteiger partial charge < -0.3 is 10.0 Å². The molecule has 21 heavy (non-hydrogen) atoms. The average molecular weight is 308 g/mol. The second-order valence-corrected chi connectivity index (χ2v) is 7.42. The highest BCUT2D eigenvalue weighted by Gasteiger charge is 2.38. The van der Waals surface area contributed by atoms with Crippen LogP contribution in [0.4, 0.5) is 0 Å². The van der Waals surface area contributed by atoms with Gasteiger partial charge in [-0.1, -0.05) is 13.8 Å². The summed E-state index contributed by atoms with van der Waals surface area (Å²) in [6.07, 6.45) is 2.01. The Hall–Kier alpha value is -0.910. The van der Waals surface area contributed by atoms with E-state index in [0.717, 1.165) is 18.7 Å². The second kappa shape index (κ2) is 6.07. The molecule has 0 bridgehead atoms. The van der Waals surface area contributed by atoms with Crippen molar-refractivity contribution in [3.8, 4) is 0 Å². The highest BCUT2D eigenvalue weighted by molar-refractivity contribution is 7.10. The van der Waals surface area contributed by atoms with Crippen molar-refractivity contribution in [1.29, 1.82) is 0 Å². The van der Waals surface area contributed by atoms with E-state index in [1.165, 1.54) is 17.7 Å². The summed E-state index contributed by atoms with van der Waals surface area (Å²) in [5.41, 5.74) is 0.776. The molecule has 0 saturated carbocycles. The standard InChI is InChI=1S/C16H24N2O2S/c1-11(2)15-7-12(10-21-15)16(20)18-8-13(14(19)9-18)17-5-3-4-6-17/h7,10-11,13-14,19H,3-6,8-9H2,1-2H3/t13-,14-/m1/s1. The van der Waals surface area contributed by atoms with Crippen LogP contribution in [0.2, 0.25) is 0 Å². The first kappa shape index (κ1) is 15.0. The Labute approximate surface area is 130 Å². The minimum Gasteiger partial charge on any atom is -0.390 e. The Kier molecular flexibility index (Phi) is 4.33. The van der Waals surface area contributed by atoms with E-state index in [0.29, 0.717) is 19.0 Å². The molecule has 1 aromatic heterocycles. The summed E-state index contributed by atoms with van der Waals surface area (Å²) in [6.45, 7) is 7.52. The Morgan fingerprint density at radius 1 is 1.33 bits per heavy atom. The Morgan fingerprint density at radius 2 is 2.05 bits per heavy atom. The first-order valence-corrected chi connectivity index (χ1v) is 8.74. The van der Waals surface area contributed by atoms with Crippen LogP contribution in [-0.2, 0) is 0 Å². The minimum absolute atomic E-state index is 0.0684. The van der Waals surface area contributed by atoms with E-state index >= 15 is 0 Å². The molecule has 0 aliphatic carbocycles. The number of carbonyl (C=O) groups excluding carboxylic acids is 1. The smallest absolute Gasteiger partial charge is 0.254 e. The third kappa shape index (κ3) is 3.00. The number of aliphatic hydroxyl groups is 1. The van der Waals surface area contributed by atoms with Gasteiger partial charge in [-0.3, -0.25) is 9.69 Å². The van der Waals surface area contributed by atoms with Crippen molar-refractivity contribution in [1.82, 2.24) is 9.80 Å². The molecule has 5 heteroatoms. The first-order chi connectivity index (χ1) is 10.1. The fourth-order valence-electron chi connectivity index (χ4n) is 3.32. The van der Waals surface area contributed by atoms with Gasteiger partial charge >= 0.3 is 0 Å². The molecule has 1 amide bonds. The molecule has 2 aliphatic rings. The summed E-state index contributed by atoms with van der Waals surface area (Å²) in [7, 11) is 0. The third-order valence-corrected chi connectivity index (χ3v) is 5.82. The number of thiophene rings is 1. The van der Waals surface area contributed by atoms with Crippen molar-refractivity contribution in [2.45, 2.75) is 44.8 Å². The summed E-state index contributed by atoms with van der Waals surface area (Å²) in [6, 6.07) is 2.13. The molecule has 2 atom stereocenters. The molecule has 3 rings (SSSR count). The largest absolute Gasteiger partial charge is 0.390 e. The number of hydrogen-bond acceptors (Lipinski definition) is 4. The third-order valence-electron chi connectivity index (χ3n) is 4.59. The predicted molar refractivity (Wildman–Crippen MR) is 84.9 cm³/mol. The molecular formula is C16H24N2O2S. The molecule has 0 radical (unpaired) electrons. The monoisotopic (exact) mass is 308 g/mol. The minimum atomic E-state index is -0.407. The van der Waals surface area contributed by atoms with Gasteiger partial charge in [-0.05, 0) is 37.9 Å². The molecule has 0 unspecified atom stereocenters. The summed E-state index contributed by atoms with van der Waals surface area (Å²) in [5.74, 6) is 0.525. The van der Waals surface area contributed by atoms with Crippen molar-refractivity contribution in [3.05, 3.63) is 21.9 Å². The van der Waals surface area contributed by atoms with Crippen molar-refractivity contribution in [2.24, 2.45) is 0 Å². The number of nitrogens with zero attached hydrogens (tertiary/aromatic N) is 2. The van der Waals surface area contributed by atoms with Crippen LogP contribution in [0.1, 0.15) is 47.8 Å². The molecule has 116 valence electrons. The van der Waals surface area contributed by atoms with Crippen molar-refractivity contribution in [2.75, 3.05) is 26.2 Å². The predicted octanol–water partition coefficient (Wildman–Crippen LogP) is 2.15. The molecule has 2 fully saturated rings. The van der Waals surface area contributed by atoms with Crippen LogP contribution in [0.3, 0.4) is 0 Å². The van der Waals surface area contributed by atoms with E-state index in [1.807, 2.05) is 16.3 Å². The van der Waals surface area contributed by atoms with Gasteiger partial charge in [-0.25, -0.2) is 0 Å². The maximum atomic E-state index is 12.6. The van der Waals surface area contributed by atoms with Crippen LogP contribution in [0.5, 0.6) is 0 Å². The average Bonchev–Trinajstić information content (AvgIpc) is 3.18. The number of β-amino-alcohol motifs (C(OH)–C–C–N with tert-alkyl or cyclic N) is 1. The number of aliphatic hydroxyl groups excluding tert-OH is 1. The van der Waals surface area contributed by atoms with Crippen LogP contribution < -0.4 is 0 Å². The fraction of sp³-hybridized carbons (Fsp3) is 0.688. The maximum Gasteiger partial charge on any atom is 0.254 e. The van der Waals surface area contributed by atoms with Crippen molar-refractivity contribution >= 4 is 17.2 Å². The zero-order valence-corrected chi connectivity index (χ0v) is 13.6. The fourth-order valence-corrected chi connectivity index (χ4v) is 4.22. The lowest BCUT2D eigenvalue weighted by Crippen LogP contribution is -2.41. The lowest BCUT2D eigenvalue weighted by molar-refractivity contribution is 0.0763. The number of likely N-dealkylation sites (tertiary alicyclic amines) is 2. The summed E-state index contributed by atoms with van der Waals surface area (Å²) in [5, 5.41) is 12.2. The van der Waals surface area contributed by atoms with Gasteiger partial charge in [0.2, 0.25) is 0 Å². The van der Waals surface area contributed by atoms with Crippen LogP contribution in [-0.4, -0.2) is 59.1 Å². The molecule has 2 saturated heterocycles. The Morgan fingerprint density at radius 3 is 2.67 bits per heavy atom. The molecule has 4 nitrogen and oxygen atoms in total. The lowest BCUT2D eigenvalue weighted by atomic mass is 10.1. The van der Waals surface area contributed by atoms with Crippen LogP contribution in [0, 0.1) is 0 Å². The Balaban J connectivity index is 1.67. The van der Waals surface area contributed by atoms with E-state index in [4.69, 9.17) is 0 Å². The van der Waals surface area contributed by atoms with E-state index < -0.39 is 6.10 Å². The van der Waals surface area contributed by atoms with Crippen LogP contribution in [0.15, 0.2) is 11.4 Å².